The summed E-state index contributed by atoms with van der Waals surface area (Å²) in [6.45, 7) is 0.434. The SMILES string of the molecule is O=C(O)C1CN(C(=O)NC2CCCS(=O)(=O)C2)CCO1. The molecule has 2 heterocycles. The van der Waals surface area contributed by atoms with Crippen LogP contribution in [0.5, 0.6) is 0 Å². The molecule has 0 aromatic rings. The van der Waals surface area contributed by atoms with Crippen molar-refractivity contribution in [2.24, 2.45) is 0 Å². The number of hydrogen-bond acceptors (Lipinski definition) is 5. The monoisotopic (exact) mass is 306 g/mol. The summed E-state index contributed by atoms with van der Waals surface area (Å²) in [4.78, 5) is 24.2. The third-order valence-electron chi connectivity index (χ3n) is 3.42. The van der Waals surface area contributed by atoms with Crippen LogP contribution in [0.15, 0.2) is 0 Å². The van der Waals surface area contributed by atoms with Gasteiger partial charge in [-0.1, -0.05) is 0 Å². The van der Waals surface area contributed by atoms with Crippen LogP contribution in [0, 0.1) is 0 Å². The number of carbonyl (C=O) groups is 2. The molecule has 0 aromatic heterocycles. The van der Waals surface area contributed by atoms with Gasteiger partial charge in [-0.3, -0.25) is 0 Å². The van der Waals surface area contributed by atoms with Crippen molar-refractivity contribution >= 4 is 21.8 Å². The van der Waals surface area contributed by atoms with E-state index in [9.17, 15) is 18.0 Å². The highest BCUT2D eigenvalue weighted by Crippen LogP contribution is 2.13. The Morgan fingerprint density at radius 3 is 2.75 bits per heavy atom. The Hall–Kier alpha value is -1.35. The number of nitrogens with zero attached hydrogens (tertiary/aromatic N) is 1. The van der Waals surface area contributed by atoms with Crippen LogP contribution in [0.2, 0.25) is 0 Å². The summed E-state index contributed by atoms with van der Waals surface area (Å²) in [5.74, 6) is -0.994. The van der Waals surface area contributed by atoms with Crippen molar-refractivity contribution in [3.8, 4) is 0 Å². The first-order valence-corrected chi connectivity index (χ1v) is 8.30. The first-order chi connectivity index (χ1) is 9.37. The van der Waals surface area contributed by atoms with Crippen molar-refractivity contribution in [2.75, 3.05) is 31.2 Å². The molecule has 0 aromatic carbocycles. The molecule has 2 fully saturated rings. The van der Waals surface area contributed by atoms with Gasteiger partial charge in [0.15, 0.2) is 15.9 Å². The van der Waals surface area contributed by atoms with Gasteiger partial charge in [-0.25, -0.2) is 18.0 Å². The minimum absolute atomic E-state index is 0.0271. The third kappa shape index (κ3) is 3.83. The lowest BCUT2D eigenvalue weighted by Gasteiger charge is -2.33. The number of morpholine rings is 1. The average molecular weight is 306 g/mol. The van der Waals surface area contributed by atoms with Gasteiger partial charge in [0.1, 0.15) is 0 Å². The van der Waals surface area contributed by atoms with E-state index in [-0.39, 0.29) is 24.7 Å². The summed E-state index contributed by atoms with van der Waals surface area (Å²) in [5.41, 5.74) is 0. The average Bonchev–Trinajstić information content (AvgIpc) is 2.37. The van der Waals surface area contributed by atoms with Crippen molar-refractivity contribution in [1.29, 1.82) is 0 Å². The maximum absolute atomic E-state index is 12.0. The molecule has 2 N–H and O–H groups in total. The number of rotatable bonds is 2. The van der Waals surface area contributed by atoms with Gasteiger partial charge < -0.3 is 20.1 Å². The van der Waals surface area contributed by atoms with Gasteiger partial charge in [-0.05, 0) is 12.8 Å². The molecule has 9 heteroatoms. The second-order valence-corrected chi connectivity index (χ2v) is 7.28. The van der Waals surface area contributed by atoms with Crippen LogP contribution in [0.3, 0.4) is 0 Å². The van der Waals surface area contributed by atoms with E-state index in [1.807, 2.05) is 0 Å². The van der Waals surface area contributed by atoms with Gasteiger partial charge in [0.25, 0.3) is 0 Å². The molecule has 0 spiro atoms. The number of carboxylic acid groups (broad SMARTS) is 1. The van der Waals surface area contributed by atoms with E-state index in [1.54, 1.807) is 0 Å². The predicted octanol–water partition coefficient (Wildman–Crippen LogP) is -0.941. The molecule has 2 amide bonds. The van der Waals surface area contributed by atoms with Crippen molar-refractivity contribution < 1.29 is 27.9 Å². The zero-order valence-corrected chi connectivity index (χ0v) is 11.8. The Balaban J connectivity index is 1.89. The Bertz CT molecular complexity index is 491. The number of amides is 2. The van der Waals surface area contributed by atoms with Gasteiger partial charge in [0, 0.05) is 12.6 Å². The van der Waals surface area contributed by atoms with Gasteiger partial charge in [-0.15, -0.1) is 0 Å². The topological polar surface area (TPSA) is 113 Å². The molecule has 8 nitrogen and oxygen atoms in total. The number of sulfone groups is 1. The molecule has 0 saturated carbocycles. The van der Waals surface area contributed by atoms with E-state index < -0.39 is 34.0 Å². The molecular weight excluding hydrogens is 288 g/mol. The van der Waals surface area contributed by atoms with Gasteiger partial charge >= 0.3 is 12.0 Å². The Morgan fingerprint density at radius 2 is 2.10 bits per heavy atom. The highest BCUT2D eigenvalue weighted by Gasteiger charge is 2.31. The van der Waals surface area contributed by atoms with E-state index >= 15 is 0 Å². The summed E-state index contributed by atoms with van der Waals surface area (Å²) >= 11 is 0. The highest BCUT2D eigenvalue weighted by atomic mass is 32.2. The first kappa shape index (κ1) is 15.0. The molecule has 2 atom stereocenters. The van der Waals surface area contributed by atoms with E-state index in [4.69, 9.17) is 9.84 Å². The van der Waals surface area contributed by atoms with Gasteiger partial charge in [0.05, 0.1) is 24.7 Å². The lowest BCUT2D eigenvalue weighted by molar-refractivity contribution is -0.154. The smallest absolute Gasteiger partial charge is 0.334 e. The van der Waals surface area contributed by atoms with E-state index in [2.05, 4.69) is 5.32 Å². The Labute approximate surface area is 117 Å². The second-order valence-electron chi connectivity index (χ2n) is 5.05. The number of urea groups is 1. The molecule has 0 radical (unpaired) electrons. The number of ether oxygens (including phenoxy) is 1. The normalized spacial score (nSPS) is 29.7. The molecular formula is C11H18N2O6S. The molecule has 0 bridgehead atoms. The van der Waals surface area contributed by atoms with E-state index in [1.165, 1.54) is 4.90 Å². The summed E-state index contributed by atoms with van der Waals surface area (Å²) in [5, 5.41) is 11.5. The predicted molar refractivity (Wildman–Crippen MR) is 69.2 cm³/mol. The maximum atomic E-state index is 12.0. The quantitative estimate of drug-likeness (QED) is 0.680. The maximum Gasteiger partial charge on any atom is 0.334 e. The first-order valence-electron chi connectivity index (χ1n) is 6.48. The minimum Gasteiger partial charge on any atom is -0.479 e. The molecule has 114 valence electrons. The van der Waals surface area contributed by atoms with Crippen LogP contribution in [0.25, 0.3) is 0 Å². The van der Waals surface area contributed by atoms with Gasteiger partial charge in [0.2, 0.25) is 0 Å². The number of aliphatic carboxylic acids is 1. The fraction of sp³-hybridized carbons (Fsp3) is 0.818. The molecule has 0 aliphatic carbocycles. The summed E-state index contributed by atoms with van der Waals surface area (Å²) < 4.78 is 28.0. The summed E-state index contributed by atoms with van der Waals surface area (Å²) in [7, 11) is -3.08. The van der Waals surface area contributed by atoms with Crippen LogP contribution in [-0.2, 0) is 19.4 Å². The lowest BCUT2D eigenvalue weighted by atomic mass is 10.2. The fourth-order valence-corrected chi connectivity index (χ4v) is 4.02. The number of hydrogen-bond donors (Lipinski definition) is 2. The molecule has 2 unspecified atom stereocenters. The zero-order valence-electron chi connectivity index (χ0n) is 10.9. The molecule has 20 heavy (non-hydrogen) atoms. The Morgan fingerprint density at radius 1 is 1.35 bits per heavy atom. The molecule has 2 aliphatic heterocycles. The third-order valence-corrected chi connectivity index (χ3v) is 5.24. The van der Waals surface area contributed by atoms with Crippen LogP contribution in [0.1, 0.15) is 12.8 Å². The highest BCUT2D eigenvalue weighted by molar-refractivity contribution is 7.91. The second kappa shape index (κ2) is 5.96. The Kier molecular flexibility index (Phi) is 4.48. The summed E-state index contributed by atoms with van der Waals surface area (Å²) in [6, 6.07) is -0.825. The zero-order chi connectivity index (χ0) is 14.8. The largest absolute Gasteiger partial charge is 0.479 e. The number of carboxylic acids is 1. The standard InChI is InChI=1S/C11H18N2O6S/c14-10(15)9-6-13(3-4-19-9)11(16)12-8-2-1-5-20(17,18)7-8/h8-9H,1-7H2,(H,12,16)(H,14,15). The number of carbonyl (C=O) groups excluding carboxylic acids is 1. The van der Waals surface area contributed by atoms with Crippen LogP contribution in [0.4, 0.5) is 4.79 Å². The van der Waals surface area contributed by atoms with Crippen molar-refractivity contribution in [1.82, 2.24) is 10.2 Å². The van der Waals surface area contributed by atoms with E-state index in [0.717, 1.165) is 0 Å². The number of nitrogens with one attached hydrogen (secondary N) is 1. The fourth-order valence-electron chi connectivity index (χ4n) is 2.39. The van der Waals surface area contributed by atoms with Crippen LogP contribution < -0.4 is 5.32 Å². The van der Waals surface area contributed by atoms with Crippen molar-refractivity contribution in [3.05, 3.63) is 0 Å². The van der Waals surface area contributed by atoms with Gasteiger partial charge in [-0.2, -0.15) is 0 Å². The molecule has 2 saturated heterocycles. The minimum atomic E-state index is -3.08. The molecule has 2 aliphatic rings. The summed E-state index contributed by atoms with van der Waals surface area (Å²) in [6.07, 6.45) is 0.135. The van der Waals surface area contributed by atoms with E-state index in [0.29, 0.717) is 19.4 Å². The van der Waals surface area contributed by atoms with Crippen LogP contribution in [-0.4, -0.2) is 73.8 Å². The van der Waals surface area contributed by atoms with Crippen molar-refractivity contribution in [3.63, 3.8) is 0 Å². The van der Waals surface area contributed by atoms with Crippen molar-refractivity contribution in [2.45, 2.75) is 25.0 Å². The van der Waals surface area contributed by atoms with Crippen LogP contribution >= 0.6 is 0 Å². The molecule has 2 rings (SSSR count). The lowest BCUT2D eigenvalue weighted by Crippen LogP contribution is -2.55.